The largest absolute Gasteiger partial charge is 2.00 e. The Balaban J connectivity index is 0.000000213. The van der Waals surface area contributed by atoms with Gasteiger partial charge in [0.1, 0.15) is 0 Å². The molecule has 0 saturated heterocycles. The Hall–Kier alpha value is -0.372. The van der Waals surface area contributed by atoms with Crippen molar-refractivity contribution in [2.24, 2.45) is 22.7 Å². The molecule has 0 aromatic heterocycles. The van der Waals surface area contributed by atoms with E-state index in [1.807, 2.05) is 0 Å². The van der Waals surface area contributed by atoms with Gasteiger partial charge in [-0.05, 0) is 63.2 Å². The molecule has 4 fully saturated rings. The quantitative estimate of drug-likeness (QED) is 0.467. The van der Waals surface area contributed by atoms with Gasteiger partial charge in [0.2, 0.25) is 0 Å². The molecule has 0 unspecified atom stereocenters. The summed E-state index contributed by atoms with van der Waals surface area (Å²) in [6.45, 7) is 0. The van der Waals surface area contributed by atoms with Crippen LogP contribution < -0.4 is 10.2 Å². The average Bonchev–Trinajstić information content (AvgIpc) is 2.81. The summed E-state index contributed by atoms with van der Waals surface area (Å²) in [5.74, 6) is -0.684. The zero-order valence-corrected chi connectivity index (χ0v) is 21.5. The van der Waals surface area contributed by atoms with E-state index in [0.29, 0.717) is 11.8 Å². The van der Waals surface area contributed by atoms with Crippen LogP contribution in [-0.4, -0.2) is 11.9 Å². The molecule has 0 aromatic carbocycles. The van der Waals surface area contributed by atoms with Crippen LogP contribution in [0.25, 0.3) is 0 Å². The van der Waals surface area contributed by atoms with E-state index in [2.05, 4.69) is 0 Å². The molecular weight excluding hydrogens is 571 g/mol. The van der Waals surface area contributed by atoms with Crippen LogP contribution in [0.5, 0.6) is 0 Å². The standard InChI is InChI=1S/2C13H22O2.Pt/c2*14-12(15)13(9-5-2-6-10-13)11-7-3-1-4-8-11;/h2*11H,1-10H2,(H,14,15);/q;;+2/p-2. The van der Waals surface area contributed by atoms with Crippen molar-refractivity contribution >= 4 is 11.9 Å². The van der Waals surface area contributed by atoms with Gasteiger partial charge in [-0.3, -0.25) is 0 Å². The summed E-state index contributed by atoms with van der Waals surface area (Å²) < 4.78 is 0. The number of carboxylic acids is 2. The molecule has 0 radical (unpaired) electrons. The zero-order valence-electron chi connectivity index (χ0n) is 19.2. The Kier molecular flexibility index (Phi) is 11.1. The number of aliphatic carboxylic acids is 2. The van der Waals surface area contributed by atoms with Crippen LogP contribution in [-0.2, 0) is 30.7 Å². The SMILES string of the molecule is O=C([O-])C1(C2CCCCC2)CCCCC1.O=C([O-])C1(C2CCCCC2)CCCCC1.[Pt+2]. The Morgan fingerprint density at radius 1 is 0.484 bits per heavy atom. The first-order valence-corrected chi connectivity index (χ1v) is 12.9. The topological polar surface area (TPSA) is 80.3 Å². The smallest absolute Gasteiger partial charge is 0.550 e. The summed E-state index contributed by atoms with van der Waals surface area (Å²) in [4.78, 5) is 22.9. The van der Waals surface area contributed by atoms with Crippen LogP contribution in [0.1, 0.15) is 128 Å². The molecule has 180 valence electrons. The zero-order chi connectivity index (χ0) is 21.5. The Labute approximate surface area is 203 Å². The molecule has 4 aliphatic rings. The second-order valence-corrected chi connectivity index (χ2v) is 10.7. The third-order valence-electron chi connectivity index (χ3n) is 9.08. The normalized spacial score (nSPS) is 26.6. The number of hydrogen-bond acceptors (Lipinski definition) is 4. The maximum atomic E-state index is 11.5. The molecule has 0 aromatic rings. The summed E-state index contributed by atoms with van der Waals surface area (Å²) in [5, 5.41) is 22.9. The first-order chi connectivity index (χ1) is 14.5. The maximum Gasteiger partial charge on any atom is 2.00 e. The van der Waals surface area contributed by atoms with Crippen molar-refractivity contribution < 1.29 is 40.9 Å². The van der Waals surface area contributed by atoms with Gasteiger partial charge in [-0.25, -0.2) is 0 Å². The van der Waals surface area contributed by atoms with E-state index in [1.54, 1.807) is 0 Å². The molecule has 0 atom stereocenters. The van der Waals surface area contributed by atoms with Gasteiger partial charge in [0.15, 0.2) is 0 Å². The molecule has 0 bridgehead atoms. The van der Waals surface area contributed by atoms with Gasteiger partial charge in [-0.2, -0.15) is 0 Å². The minimum atomic E-state index is -0.755. The summed E-state index contributed by atoms with van der Waals surface area (Å²) in [5.41, 5.74) is -0.892. The van der Waals surface area contributed by atoms with Gasteiger partial charge in [0.25, 0.3) is 0 Å². The fourth-order valence-electron chi connectivity index (χ4n) is 7.23. The molecule has 0 N–H and O–H groups in total. The van der Waals surface area contributed by atoms with E-state index >= 15 is 0 Å². The summed E-state index contributed by atoms with van der Waals surface area (Å²) in [7, 11) is 0. The molecule has 4 saturated carbocycles. The molecule has 31 heavy (non-hydrogen) atoms. The van der Waals surface area contributed by atoms with Crippen molar-refractivity contribution in [3.63, 3.8) is 0 Å². The second-order valence-electron chi connectivity index (χ2n) is 10.7. The number of hydrogen-bond donors (Lipinski definition) is 0. The van der Waals surface area contributed by atoms with Gasteiger partial charge < -0.3 is 19.8 Å². The number of rotatable bonds is 4. The van der Waals surface area contributed by atoms with E-state index in [-0.39, 0.29) is 21.1 Å². The van der Waals surface area contributed by atoms with Gasteiger partial charge in [0.05, 0.1) is 0 Å². The van der Waals surface area contributed by atoms with E-state index in [4.69, 9.17) is 0 Å². The minimum Gasteiger partial charge on any atom is -0.550 e. The van der Waals surface area contributed by atoms with Crippen LogP contribution in [0.15, 0.2) is 0 Å². The average molecular weight is 614 g/mol. The Morgan fingerprint density at radius 3 is 1.00 bits per heavy atom. The van der Waals surface area contributed by atoms with Crippen LogP contribution >= 0.6 is 0 Å². The van der Waals surface area contributed by atoms with Gasteiger partial charge >= 0.3 is 21.1 Å². The molecule has 0 heterocycles. The van der Waals surface area contributed by atoms with E-state index in [0.717, 1.165) is 77.0 Å². The number of carbonyl (C=O) groups is 2. The minimum absolute atomic E-state index is 0. The molecule has 5 heteroatoms. The molecule has 0 amide bonds. The monoisotopic (exact) mass is 613 g/mol. The molecule has 0 spiro atoms. The molecule has 4 aliphatic carbocycles. The third kappa shape index (κ3) is 6.36. The van der Waals surface area contributed by atoms with Crippen LogP contribution in [0.4, 0.5) is 0 Å². The van der Waals surface area contributed by atoms with Crippen molar-refractivity contribution in [2.45, 2.75) is 128 Å². The Morgan fingerprint density at radius 2 is 0.742 bits per heavy atom. The molecule has 4 rings (SSSR count). The van der Waals surface area contributed by atoms with Crippen molar-refractivity contribution in [1.29, 1.82) is 0 Å². The van der Waals surface area contributed by atoms with E-state index in [9.17, 15) is 19.8 Å². The van der Waals surface area contributed by atoms with Gasteiger partial charge in [-0.1, -0.05) is 77.0 Å². The van der Waals surface area contributed by atoms with Crippen molar-refractivity contribution in [3.8, 4) is 0 Å². The predicted molar refractivity (Wildman–Crippen MR) is 114 cm³/mol. The van der Waals surface area contributed by atoms with Crippen LogP contribution in [0.3, 0.4) is 0 Å². The number of carboxylic acid groups (broad SMARTS) is 2. The van der Waals surface area contributed by atoms with Gasteiger partial charge in [0, 0.05) is 22.8 Å². The molecular formula is C26H42O4Pt. The van der Waals surface area contributed by atoms with Crippen molar-refractivity contribution in [1.82, 2.24) is 0 Å². The second kappa shape index (κ2) is 12.8. The van der Waals surface area contributed by atoms with Crippen LogP contribution in [0, 0.1) is 22.7 Å². The van der Waals surface area contributed by atoms with Crippen LogP contribution in [0.2, 0.25) is 0 Å². The van der Waals surface area contributed by atoms with Gasteiger partial charge in [-0.15, -0.1) is 0 Å². The van der Waals surface area contributed by atoms with E-state index < -0.39 is 22.8 Å². The summed E-state index contributed by atoms with van der Waals surface area (Å²) in [6, 6.07) is 0. The summed E-state index contributed by atoms with van der Waals surface area (Å²) >= 11 is 0. The first kappa shape index (κ1) is 26.9. The number of carbonyl (C=O) groups excluding carboxylic acids is 2. The molecule has 4 nitrogen and oxygen atoms in total. The molecule has 0 aliphatic heterocycles. The summed E-state index contributed by atoms with van der Waals surface area (Å²) in [6.07, 6.45) is 22.2. The maximum absolute atomic E-state index is 11.5. The first-order valence-electron chi connectivity index (χ1n) is 12.9. The fraction of sp³-hybridized carbons (Fsp3) is 0.923. The Bertz CT molecular complexity index is 502. The van der Waals surface area contributed by atoms with E-state index in [1.165, 1.54) is 51.4 Å². The van der Waals surface area contributed by atoms with Crippen molar-refractivity contribution in [2.75, 3.05) is 0 Å². The van der Waals surface area contributed by atoms with Crippen molar-refractivity contribution in [3.05, 3.63) is 0 Å². The fourth-order valence-corrected chi connectivity index (χ4v) is 7.23. The third-order valence-corrected chi connectivity index (χ3v) is 9.08. The predicted octanol–water partition coefficient (Wildman–Crippen LogP) is 4.53.